The predicted molar refractivity (Wildman–Crippen MR) is 80.5 cm³/mol. The summed E-state index contributed by atoms with van der Waals surface area (Å²) in [5.41, 5.74) is 1.22. The first kappa shape index (κ1) is 12.9. The van der Waals surface area contributed by atoms with Gasteiger partial charge >= 0.3 is 0 Å². The molecule has 19 heavy (non-hydrogen) atoms. The molecule has 3 nitrogen and oxygen atoms in total. The molecule has 0 radical (unpaired) electrons. The van der Waals surface area contributed by atoms with Crippen molar-refractivity contribution in [2.45, 2.75) is 18.9 Å². The van der Waals surface area contributed by atoms with E-state index >= 15 is 0 Å². The van der Waals surface area contributed by atoms with Gasteiger partial charge in [-0.2, -0.15) is 0 Å². The molecule has 1 unspecified atom stereocenters. The lowest BCUT2D eigenvalue weighted by Crippen LogP contribution is -2.23. The molecule has 3 rings (SSSR count). The number of anilines is 1. The summed E-state index contributed by atoms with van der Waals surface area (Å²) < 4.78 is 0.901. The Morgan fingerprint density at radius 3 is 3.00 bits per heavy atom. The van der Waals surface area contributed by atoms with E-state index in [-0.39, 0.29) is 0 Å². The van der Waals surface area contributed by atoms with Crippen LogP contribution in [0.5, 0.6) is 0 Å². The molecule has 0 aliphatic carbocycles. The highest BCUT2D eigenvalue weighted by Crippen LogP contribution is 2.38. The quantitative estimate of drug-likeness (QED) is 0.820. The van der Waals surface area contributed by atoms with Gasteiger partial charge in [-0.1, -0.05) is 17.7 Å². The van der Waals surface area contributed by atoms with Gasteiger partial charge in [-0.25, -0.2) is 4.98 Å². The zero-order valence-electron chi connectivity index (χ0n) is 10.3. The van der Waals surface area contributed by atoms with Gasteiger partial charge in [-0.05, 0) is 46.5 Å². The average Bonchev–Trinajstić information content (AvgIpc) is 2.89. The largest absolute Gasteiger partial charge is 0.348 e. The van der Waals surface area contributed by atoms with Crippen LogP contribution in [-0.4, -0.2) is 16.5 Å². The fraction of sp³-hybridized carbons (Fsp3) is 0.286. The third-order valence-corrected chi connectivity index (χ3v) is 4.09. The average molecular weight is 339 g/mol. The Hall–Kier alpha value is -1.13. The summed E-state index contributed by atoms with van der Waals surface area (Å²) in [6.45, 7) is 0.980. The molecular weight excluding hydrogens is 326 g/mol. The third-order valence-electron chi connectivity index (χ3n) is 3.38. The van der Waals surface area contributed by atoms with E-state index in [1.165, 1.54) is 5.56 Å². The number of aromatic nitrogens is 2. The Morgan fingerprint density at radius 2 is 2.26 bits per heavy atom. The Balaban J connectivity index is 1.95. The van der Waals surface area contributed by atoms with Crippen molar-refractivity contribution in [1.29, 1.82) is 0 Å². The summed E-state index contributed by atoms with van der Waals surface area (Å²) in [6, 6.07) is 6.30. The Morgan fingerprint density at radius 1 is 1.37 bits per heavy atom. The molecule has 0 bridgehead atoms. The first-order valence-corrected chi connectivity index (χ1v) is 7.40. The van der Waals surface area contributed by atoms with Crippen molar-refractivity contribution >= 4 is 33.3 Å². The van der Waals surface area contributed by atoms with E-state index in [0.717, 1.165) is 29.7 Å². The second kappa shape index (κ2) is 5.47. The van der Waals surface area contributed by atoms with Crippen molar-refractivity contribution in [2.24, 2.45) is 0 Å². The van der Waals surface area contributed by atoms with Crippen molar-refractivity contribution in [3.63, 3.8) is 0 Å². The molecule has 1 fully saturated rings. The van der Waals surface area contributed by atoms with Crippen LogP contribution < -0.4 is 4.90 Å². The first-order chi connectivity index (χ1) is 9.25. The Kier molecular flexibility index (Phi) is 3.71. The molecule has 0 spiro atoms. The molecule has 0 amide bonds. The predicted octanol–water partition coefficient (Wildman–Crippen LogP) is 4.23. The number of hydrogen-bond donors (Lipinski definition) is 0. The molecule has 1 aliphatic heterocycles. The standard InChI is InChI=1S/C14H13BrClN3/c15-11-7-12(16)14(18-9-11)19-6-2-4-13(19)10-3-1-5-17-8-10/h1,3,5,7-9,13H,2,4,6H2. The second-order valence-corrected chi connectivity index (χ2v) is 5.92. The normalized spacial score (nSPS) is 18.8. The minimum atomic E-state index is 0.319. The second-order valence-electron chi connectivity index (χ2n) is 4.60. The van der Waals surface area contributed by atoms with E-state index in [1.54, 1.807) is 12.4 Å². The number of nitrogens with zero attached hydrogens (tertiary/aromatic N) is 3. The molecule has 5 heteroatoms. The van der Waals surface area contributed by atoms with Crippen LogP contribution >= 0.6 is 27.5 Å². The van der Waals surface area contributed by atoms with E-state index in [1.807, 2.05) is 18.3 Å². The third kappa shape index (κ3) is 2.60. The van der Waals surface area contributed by atoms with Crippen LogP contribution in [0.4, 0.5) is 5.82 Å². The maximum atomic E-state index is 6.31. The summed E-state index contributed by atoms with van der Waals surface area (Å²) in [5.74, 6) is 0.858. The maximum Gasteiger partial charge on any atom is 0.147 e. The summed E-state index contributed by atoms with van der Waals surface area (Å²) in [7, 11) is 0. The first-order valence-electron chi connectivity index (χ1n) is 6.23. The van der Waals surface area contributed by atoms with Crippen molar-refractivity contribution in [1.82, 2.24) is 9.97 Å². The zero-order valence-corrected chi connectivity index (χ0v) is 12.6. The molecule has 2 aromatic heterocycles. The van der Waals surface area contributed by atoms with Crippen LogP contribution in [0.2, 0.25) is 5.02 Å². The van der Waals surface area contributed by atoms with Gasteiger partial charge in [0.15, 0.2) is 0 Å². The monoisotopic (exact) mass is 337 g/mol. The van der Waals surface area contributed by atoms with E-state index < -0.39 is 0 Å². The van der Waals surface area contributed by atoms with Crippen LogP contribution in [0.1, 0.15) is 24.4 Å². The molecule has 1 atom stereocenters. The van der Waals surface area contributed by atoms with Gasteiger partial charge in [0.25, 0.3) is 0 Å². The molecule has 0 N–H and O–H groups in total. The fourth-order valence-corrected chi connectivity index (χ4v) is 3.30. The summed E-state index contributed by atoms with van der Waals surface area (Å²) in [6.07, 6.45) is 7.77. The molecule has 3 heterocycles. The van der Waals surface area contributed by atoms with Gasteiger partial charge in [-0.3, -0.25) is 4.98 Å². The van der Waals surface area contributed by atoms with Gasteiger partial charge in [0.1, 0.15) is 5.82 Å². The Labute approximate surface area is 125 Å². The lowest BCUT2D eigenvalue weighted by atomic mass is 10.1. The van der Waals surface area contributed by atoms with Crippen LogP contribution in [0.15, 0.2) is 41.3 Å². The lowest BCUT2D eigenvalue weighted by molar-refractivity contribution is 0.708. The summed E-state index contributed by atoms with van der Waals surface area (Å²) in [5, 5.41) is 0.685. The van der Waals surface area contributed by atoms with E-state index in [9.17, 15) is 0 Å². The number of hydrogen-bond acceptors (Lipinski definition) is 3. The van der Waals surface area contributed by atoms with Gasteiger partial charge in [0.2, 0.25) is 0 Å². The van der Waals surface area contributed by atoms with E-state index in [2.05, 4.69) is 36.9 Å². The van der Waals surface area contributed by atoms with Crippen LogP contribution in [0, 0.1) is 0 Å². The fourth-order valence-electron chi connectivity index (χ4n) is 2.56. The van der Waals surface area contributed by atoms with Crippen molar-refractivity contribution < 1.29 is 0 Å². The molecular formula is C14H13BrClN3. The summed E-state index contributed by atoms with van der Waals surface area (Å²) in [4.78, 5) is 10.9. The van der Waals surface area contributed by atoms with Gasteiger partial charge < -0.3 is 4.90 Å². The summed E-state index contributed by atoms with van der Waals surface area (Å²) >= 11 is 9.70. The van der Waals surface area contributed by atoms with Crippen molar-refractivity contribution in [3.8, 4) is 0 Å². The van der Waals surface area contributed by atoms with Crippen LogP contribution in [-0.2, 0) is 0 Å². The number of rotatable bonds is 2. The molecule has 0 aromatic carbocycles. The van der Waals surface area contributed by atoms with Crippen LogP contribution in [0.3, 0.4) is 0 Å². The van der Waals surface area contributed by atoms with Gasteiger partial charge in [0, 0.05) is 29.6 Å². The van der Waals surface area contributed by atoms with Crippen molar-refractivity contribution in [2.75, 3.05) is 11.4 Å². The highest BCUT2D eigenvalue weighted by molar-refractivity contribution is 9.10. The smallest absolute Gasteiger partial charge is 0.147 e. The van der Waals surface area contributed by atoms with Crippen molar-refractivity contribution in [3.05, 3.63) is 51.8 Å². The highest BCUT2D eigenvalue weighted by Gasteiger charge is 2.28. The lowest BCUT2D eigenvalue weighted by Gasteiger charge is -2.26. The minimum Gasteiger partial charge on any atom is -0.348 e. The van der Waals surface area contributed by atoms with Crippen LogP contribution in [0.25, 0.3) is 0 Å². The zero-order chi connectivity index (χ0) is 13.2. The minimum absolute atomic E-state index is 0.319. The Bertz CT molecular complexity index is 576. The maximum absolute atomic E-state index is 6.31. The molecule has 1 saturated heterocycles. The molecule has 2 aromatic rings. The topological polar surface area (TPSA) is 29.0 Å². The molecule has 1 aliphatic rings. The number of pyridine rings is 2. The number of halogens is 2. The van der Waals surface area contributed by atoms with E-state index in [4.69, 9.17) is 11.6 Å². The van der Waals surface area contributed by atoms with Gasteiger partial charge in [-0.15, -0.1) is 0 Å². The molecule has 98 valence electrons. The van der Waals surface area contributed by atoms with Gasteiger partial charge in [0.05, 0.1) is 11.1 Å². The van der Waals surface area contributed by atoms with E-state index in [0.29, 0.717) is 11.1 Å². The highest BCUT2D eigenvalue weighted by atomic mass is 79.9. The SMILES string of the molecule is Clc1cc(Br)cnc1N1CCCC1c1cccnc1. The molecule has 0 saturated carbocycles.